The first-order valence-electron chi connectivity index (χ1n) is 7.63. The SMILES string of the molecule is Nc1nc(/C(=C/CC(=O)O)C(=O)NC2C=C(C(=O)O)N3C(=O)C[C@H]3S2)cs1. The Hall–Kier alpha value is -2.86. The van der Waals surface area contributed by atoms with Gasteiger partial charge in [0.25, 0.3) is 5.91 Å². The van der Waals surface area contributed by atoms with E-state index < -0.39 is 23.2 Å². The summed E-state index contributed by atoms with van der Waals surface area (Å²) >= 11 is 2.33. The van der Waals surface area contributed by atoms with E-state index in [1.807, 2.05) is 0 Å². The molecule has 2 atom stereocenters. The Balaban J connectivity index is 1.82. The number of nitrogens with zero attached hydrogens (tertiary/aromatic N) is 2. The van der Waals surface area contributed by atoms with Crippen LogP contribution in [0.3, 0.4) is 0 Å². The van der Waals surface area contributed by atoms with E-state index in [1.54, 1.807) is 0 Å². The summed E-state index contributed by atoms with van der Waals surface area (Å²) in [7, 11) is 0. The second-order valence-electron chi connectivity index (χ2n) is 5.60. The van der Waals surface area contributed by atoms with Crippen LogP contribution in [0.4, 0.5) is 5.13 Å². The summed E-state index contributed by atoms with van der Waals surface area (Å²) in [5.74, 6) is -3.28. The molecule has 2 aliphatic heterocycles. The summed E-state index contributed by atoms with van der Waals surface area (Å²) in [6.45, 7) is 0. The topological polar surface area (TPSA) is 163 Å². The van der Waals surface area contributed by atoms with Crippen molar-refractivity contribution in [2.45, 2.75) is 23.6 Å². The van der Waals surface area contributed by atoms with E-state index in [0.717, 1.165) is 11.3 Å². The van der Waals surface area contributed by atoms with Crippen LogP contribution in [-0.4, -0.2) is 54.6 Å². The predicted octanol–water partition coefficient (Wildman–Crippen LogP) is 0.299. The minimum atomic E-state index is -1.26. The zero-order chi connectivity index (χ0) is 19.7. The number of thioether (sulfide) groups is 1. The molecule has 0 spiro atoms. The molecular formula is C15H14N4O6S2. The molecule has 1 saturated heterocycles. The van der Waals surface area contributed by atoms with Crippen molar-refractivity contribution in [1.82, 2.24) is 15.2 Å². The van der Waals surface area contributed by atoms with E-state index in [-0.39, 0.29) is 46.2 Å². The van der Waals surface area contributed by atoms with Gasteiger partial charge < -0.3 is 21.3 Å². The van der Waals surface area contributed by atoms with Crippen molar-refractivity contribution < 1.29 is 29.4 Å². The van der Waals surface area contributed by atoms with Gasteiger partial charge in [-0.1, -0.05) is 6.08 Å². The summed E-state index contributed by atoms with van der Waals surface area (Å²) in [5.41, 5.74) is 5.66. The number of anilines is 1. The standard InChI is InChI=1S/C15H14N4O6S2/c16-15-17-7(5-26-15)6(1-2-12(21)22)13(23)18-9-3-8(14(24)25)19-10(20)4-11(19)27-9/h1,3,5,9,11H,2,4H2,(H2,16,17)(H,18,23)(H,21,22)(H,24,25)/b6-1-/t9?,11-/m1/s1. The molecule has 0 bridgehead atoms. The Bertz CT molecular complexity index is 893. The fourth-order valence-corrected chi connectivity index (χ4v) is 4.46. The Morgan fingerprint density at radius 3 is 2.70 bits per heavy atom. The second-order valence-corrected chi connectivity index (χ2v) is 7.81. The van der Waals surface area contributed by atoms with Gasteiger partial charge in [-0.3, -0.25) is 19.3 Å². The van der Waals surface area contributed by atoms with Crippen LogP contribution in [-0.2, 0) is 19.2 Å². The summed E-state index contributed by atoms with van der Waals surface area (Å²) in [5, 5.41) is 21.5. The lowest BCUT2D eigenvalue weighted by Crippen LogP contribution is -2.55. The van der Waals surface area contributed by atoms with E-state index in [2.05, 4.69) is 10.3 Å². The number of nitrogen functional groups attached to an aromatic ring is 1. The molecule has 3 heterocycles. The Kier molecular flexibility index (Phi) is 5.19. The van der Waals surface area contributed by atoms with Crippen LogP contribution < -0.4 is 11.1 Å². The summed E-state index contributed by atoms with van der Waals surface area (Å²) < 4.78 is 0. The number of β-lactam (4-membered cyclic amide) rings is 1. The zero-order valence-corrected chi connectivity index (χ0v) is 15.2. The molecule has 2 amide bonds. The molecule has 27 heavy (non-hydrogen) atoms. The Morgan fingerprint density at radius 2 is 2.15 bits per heavy atom. The first-order valence-corrected chi connectivity index (χ1v) is 9.45. The molecule has 12 heteroatoms. The van der Waals surface area contributed by atoms with Gasteiger partial charge in [0.1, 0.15) is 5.70 Å². The van der Waals surface area contributed by atoms with Crippen LogP contribution in [0.1, 0.15) is 18.5 Å². The molecule has 3 rings (SSSR count). The zero-order valence-electron chi connectivity index (χ0n) is 13.6. The number of amides is 2. The molecule has 1 aromatic heterocycles. The highest BCUT2D eigenvalue weighted by atomic mass is 32.2. The van der Waals surface area contributed by atoms with Crippen molar-refractivity contribution in [2.24, 2.45) is 0 Å². The Morgan fingerprint density at radius 1 is 1.41 bits per heavy atom. The van der Waals surface area contributed by atoms with Gasteiger partial charge in [-0.15, -0.1) is 23.1 Å². The van der Waals surface area contributed by atoms with Crippen LogP contribution in [0.5, 0.6) is 0 Å². The molecule has 0 radical (unpaired) electrons. The lowest BCUT2D eigenvalue weighted by Gasteiger charge is -2.44. The number of fused-ring (bicyclic) bond motifs is 1. The van der Waals surface area contributed by atoms with Crippen molar-refractivity contribution in [2.75, 3.05) is 5.73 Å². The molecule has 0 aliphatic carbocycles. The van der Waals surface area contributed by atoms with Gasteiger partial charge in [0.05, 0.1) is 34.9 Å². The van der Waals surface area contributed by atoms with Crippen molar-refractivity contribution in [3.05, 3.63) is 28.9 Å². The number of carbonyl (C=O) groups is 4. The van der Waals surface area contributed by atoms with Crippen LogP contribution >= 0.6 is 23.1 Å². The normalized spacial score (nSPS) is 21.8. The molecule has 1 fully saturated rings. The maximum absolute atomic E-state index is 12.7. The first-order chi connectivity index (χ1) is 12.8. The van der Waals surface area contributed by atoms with Crippen LogP contribution in [0.15, 0.2) is 23.2 Å². The third kappa shape index (κ3) is 3.95. The number of thiazole rings is 1. The average Bonchev–Trinajstić information content (AvgIpc) is 2.99. The lowest BCUT2D eigenvalue weighted by atomic mass is 10.1. The van der Waals surface area contributed by atoms with E-state index in [9.17, 15) is 24.3 Å². The number of carboxylic acid groups (broad SMARTS) is 2. The number of aromatic nitrogens is 1. The van der Waals surface area contributed by atoms with Gasteiger partial charge >= 0.3 is 11.9 Å². The Labute approximate surface area is 160 Å². The molecule has 2 aliphatic rings. The maximum Gasteiger partial charge on any atom is 0.352 e. The van der Waals surface area contributed by atoms with Crippen LogP contribution in [0.25, 0.3) is 5.57 Å². The average molecular weight is 410 g/mol. The maximum atomic E-state index is 12.7. The molecule has 1 unspecified atom stereocenters. The molecule has 142 valence electrons. The number of nitrogens with two attached hydrogens (primary N) is 1. The fourth-order valence-electron chi connectivity index (χ4n) is 2.59. The van der Waals surface area contributed by atoms with Crippen molar-refractivity contribution >= 4 is 57.6 Å². The van der Waals surface area contributed by atoms with Gasteiger partial charge in [-0.2, -0.15) is 0 Å². The molecule has 5 N–H and O–H groups in total. The van der Waals surface area contributed by atoms with Gasteiger partial charge in [0.15, 0.2) is 5.13 Å². The van der Waals surface area contributed by atoms with Crippen LogP contribution in [0.2, 0.25) is 0 Å². The number of carbonyl (C=O) groups excluding carboxylic acids is 2. The summed E-state index contributed by atoms with van der Waals surface area (Å²) in [6, 6.07) is 0. The van der Waals surface area contributed by atoms with Crippen molar-refractivity contribution in [1.29, 1.82) is 0 Å². The number of nitrogens with one attached hydrogen (secondary N) is 1. The van der Waals surface area contributed by atoms with Gasteiger partial charge in [-0.05, 0) is 6.08 Å². The van der Waals surface area contributed by atoms with Crippen molar-refractivity contribution in [3.63, 3.8) is 0 Å². The van der Waals surface area contributed by atoms with Gasteiger partial charge in [0, 0.05) is 5.38 Å². The quantitative estimate of drug-likeness (QED) is 0.381. The largest absolute Gasteiger partial charge is 0.481 e. The van der Waals surface area contributed by atoms with Crippen LogP contribution in [0, 0.1) is 0 Å². The number of hydrogen-bond acceptors (Lipinski definition) is 8. The van der Waals surface area contributed by atoms with Gasteiger partial charge in [0.2, 0.25) is 5.91 Å². The van der Waals surface area contributed by atoms with E-state index >= 15 is 0 Å². The lowest BCUT2D eigenvalue weighted by molar-refractivity contribution is -0.146. The number of carboxylic acids is 2. The van der Waals surface area contributed by atoms with Crippen molar-refractivity contribution in [3.8, 4) is 0 Å². The number of rotatable bonds is 6. The summed E-state index contributed by atoms with van der Waals surface area (Å²) in [4.78, 5) is 51.7. The minimum absolute atomic E-state index is 0.0309. The molecular weight excluding hydrogens is 396 g/mol. The molecule has 0 saturated carbocycles. The highest BCUT2D eigenvalue weighted by molar-refractivity contribution is 8.00. The number of aliphatic carboxylic acids is 2. The smallest absolute Gasteiger partial charge is 0.352 e. The molecule has 0 aromatic carbocycles. The number of hydrogen-bond donors (Lipinski definition) is 4. The third-order valence-corrected chi connectivity index (χ3v) is 5.71. The highest BCUT2D eigenvalue weighted by Crippen LogP contribution is 2.39. The van der Waals surface area contributed by atoms with E-state index in [4.69, 9.17) is 10.8 Å². The first kappa shape index (κ1) is 18.9. The monoisotopic (exact) mass is 410 g/mol. The molecule has 1 aromatic rings. The van der Waals surface area contributed by atoms with E-state index in [0.29, 0.717) is 0 Å². The van der Waals surface area contributed by atoms with Gasteiger partial charge in [-0.25, -0.2) is 9.78 Å². The van der Waals surface area contributed by atoms with E-state index in [1.165, 1.54) is 34.2 Å². The summed E-state index contributed by atoms with van der Waals surface area (Å²) in [6.07, 6.45) is 2.30. The third-order valence-electron chi connectivity index (χ3n) is 3.79. The minimum Gasteiger partial charge on any atom is -0.481 e. The highest BCUT2D eigenvalue weighted by Gasteiger charge is 2.45. The molecule has 10 nitrogen and oxygen atoms in total. The second kappa shape index (κ2) is 7.40. The fraction of sp³-hybridized carbons (Fsp3) is 0.267. The predicted molar refractivity (Wildman–Crippen MR) is 97.2 cm³/mol.